The Labute approximate surface area is 122 Å². The number of hydrogen-bond donors (Lipinski definition) is 1. The van der Waals surface area contributed by atoms with E-state index in [1.807, 2.05) is 24.4 Å². The minimum absolute atomic E-state index is 0.482. The van der Waals surface area contributed by atoms with Crippen LogP contribution in [0.15, 0.2) is 36.8 Å². The number of pyridine rings is 1. The summed E-state index contributed by atoms with van der Waals surface area (Å²) in [6.45, 7) is 3.05. The smallest absolute Gasteiger partial charge is 0.152 e. The predicted molar refractivity (Wildman–Crippen MR) is 80.7 cm³/mol. The number of anilines is 1. The van der Waals surface area contributed by atoms with Gasteiger partial charge in [-0.25, -0.2) is 0 Å². The lowest BCUT2D eigenvalue weighted by atomic mass is 10.1. The molecule has 3 heterocycles. The monoisotopic (exact) mass is 280 g/mol. The first-order valence-corrected chi connectivity index (χ1v) is 7.05. The van der Waals surface area contributed by atoms with Gasteiger partial charge in [0.05, 0.1) is 17.7 Å². The summed E-state index contributed by atoms with van der Waals surface area (Å²) in [6.07, 6.45) is 3.68. The lowest BCUT2D eigenvalue weighted by Crippen LogP contribution is -2.34. The highest BCUT2D eigenvalue weighted by Crippen LogP contribution is 2.31. The molecule has 1 aliphatic heterocycles. The zero-order valence-electron chi connectivity index (χ0n) is 11.6. The van der Waals surface area contributed by atoms with E-state index >= 15 is 0 Å². The predicted octanol–water partition coefficient (Wildman–Crippen LogP) is 1.31. The van der Waals surface area contributed by atoms with Crippen LogP contribution in [0.5, 0.6) is 0 Å². The first-order chi connectivity index (χ1) is 10.4. The normalized spacial score (nSPS) is 14.4. The van der Waals surface area contributed by atoms with Crippen LogP contribution >= 0.6 is 0 Å². The SMILES string of the molecule is NCc1cnc2ccccc2c1N1CCn2cnnc2C1. The average Bonchev–Trinajstić information content (AvgIpc) is 3.01. The summed E-state index contributed by atoms with van der Waals surface area (Å²) >= 11 is 0. The average molecular weight is 280 g/mol. The van der Waals surface area contributed by atoms with Crippen LogP contribution in [0, 0.1) is 0 Å². The van der Waals surface area contributed by atoms with E-state index in [4.69, 9.17) is 5.73 Å². The molecule has 2 aromatic heterocycles. The van der Waals surface area contributed by atoms with Crippen molar-refractivity contribution in [2.24, 2.45) is 5.73 Å². The van der Waals surface area contributed by atoms with Crippen LogP contribution in [0.4, 0.5) is 5.69 Å². The minimum atomic E-state index is 0.482. The number of fused-ring (bicyclic) bond motifs is 2. The maximum absolute atomic E-state index is 5.92. The molecule has 0 atom stereocenters. The Morgan fingerprint density at radius 3 is 3.00 bits per heavy atom. The quantitative estimate of drug-likeness (QED) is 0.766. The molecule has 0 saturated carbocycles. The summed E-state index contributed by atoms with van der Waals surface area (Å²) in [5.74, 6) is 0.991. The molecule has 0 aliphatic carbocycles. The zero-order valence-corrected chi connectivity index (χ0v) is 11.6. The van der Waals surface area contributed by atoms with Gasteiger partial charge in [0, 0.05) is 36.8 Å². The molecule has 6 nitrogen and oxygen atoms in total. The molecule has 1 aromatic carbocycles. The first-order valence-electron chi connectivity index (χ1n) is 7.05. The Hall–Kier alpha value is -2.47. The third kappa shape index (κ3) is 1.95. The second kappa shape index (κ2) is 4.82. The van der Waals surface area contributed by atoms with Crippen LogP contribution in [0.25, 0.3) is 10.9 Å². The van der Waals surface area contributed by atoms with Gasteiger partial charge >= 0.3 is 0 Å². The van der Waals surface area contributed by atoms with E-state index in [0.29, 0.717) is 6.54 Å². The fourth-order valence-electron chi connectivity index (χ4n) is 2.95. The standard InChI is InChI=1S/C15H16N6/c16-7-11-8-17-13-4-2-1-3-12(13)15(11)20-5-6-21-10-18-19-14(21)9-20/h1-4,8,10H,5-7,9,16H2. The third-order valence-electron chi connectivity index (χ3n) is 4.00. The van der Waals surface area contributed by atoms with Crippen molar-refractivity contribution < 1.29 is 0 Å². The summed E-state index contributed by atoms with van der Waals surface area (Å²) in [7, 11) is 0. The Morgan fingerprint density at radius 2 is 2.10 bits per heavy atom. The van der Waals surface area contributed by atoms with Crippen molar-refractivity contribution in [1.29, 1.82) is 0 Å². The van der Waals surface area contributed by atoms with Crippen molar-refractivity contribution in [2.45, 2.75) is 19.6 Å². The molecule has 21 heavy (non-hydrogen) atoms. The number of aromatic nitrogens is 4. The zero-order chi connectivity index (χ0) is 14.2. The second-order valence-corrected chi connectivity index (χ2v) is 5.22. The van der Waals surface area contributed by atoms with Gasteiger partial charge < -0.3 is 15.2 Å². The molecular formula is C15H16N6. The third-order valence-corrected chi connectivity index (χ3v) is 4.00. The van der Waals surface area contributed by atoms with Crippen LogP contribution in [-0.2, 0) is 19.6 Å². The number of nitrogens with two attached hydrogens (primary N) is 1. The Balaban J connectivity index is 1.86. The van der Waals surface area contributed by atoms with Gasteiger partial charge in [-0.3, -0.25) is 4.98 Å². The van der Waals surface area contributed by atoms with Crippen LogP contribution in [0.1, 0.15) is 11.4 Å². The summed E-state index contributed by atoms with van der Waals surface area (Å²) < 4.78 is 2.10. The molecule has 4 rings (SSSR count). The molecule has 0 amide bonds. The fraction of sp³-hybridized carbons (Fsp3) is 0.267. The van der Waals surface area contributed by atoms with E-state index in [1.54, 1.807) is 6.33 Å². The second-order valence-electron chi connectivity index (χ2n) is 5.22. The summed E-state index contributed by atoms with van der Waals surface area (Å²) in [5, 5.41) is 9.33. The van der Waals surface area contributed by atoms with E-state index in [1.165, 1.54) is 5.69 Å². The van der Waals surface area contributed by atoms with E-state index in [9.17, 15) is 0 Å². The fourth-order valence-corrected chi connectivity index (χ4v) is 2.95. The first kappa shape index (κ1) is 12.3. The molecule has 6 heteroatoms. The molecule has 0 saturated heterocycles. The Kier molecular flexibility index (Phi) is 2.82. The number of nitrogens with zero attached hydrogens (tertiary/aromatic N) is 5. The molecule has 0 spiro atoms. The number of benzene rings is 1. The van der Waals surface area contributed by atoms with Crippen molar-refractivity contribution in [3.63, 3.8) is 0 Å². The van der Waals surface area contributed by atoms with E-state index < -0.39 is 0 Å². The number of rotatable bonds is 2. The lowest BCUT2D eigenvalue weighted by Gasteiger charge is -2.31. The van der Waals surface area contributed by atoms with Crippen molar-refractivity contribution in [3.05, 3.63) is 48.2 Å². The highest BCUT2D eigenvalue weighted by Gasteiger charge is 2.21. The maximum atomic E-state index is 5.92. The highest BCUT2D eigenvalue weighted by atomic mass is 15.3. The van der Waals surface area contributed by atoms with E-state index in [0.717, 1.165) is 41.9 Å². The van der Waals surface area contributed by atoms with Crippen LogP contribution in [0.3, 0.4) is 0 Å². The summed E-state index contributed by atoms with van der Waals surface area (Å²) in [5.41, 5.74) is 9.17. The van der Waals surface area contributed by atoms with Crippen molar-refractivity contribution in [3.8, 4) is 0 Å². The molecule has 0 radical (unpaired) electrons. The van der Waals surface area contributed by atoms with Crippen molar-refractivity contribution in [2.75, 3.05) is 11.4 Å². The number of para-hydroxylation sites is 1. The molecular weight excluding hydrogens is 264 g/mol. The summed E-state index contributed by atoms with van der Waals surface area (Å²) in [4.78, 5) is 6.83. The maximum Gasteiger partial charge on any atom is 0.152 e. The Morgan fingerprint density at radius 1 is 1.19 bits per heavy atom. The van der Waals surface area contributed by atoms with E-state index in [-0.39, 0.29) is 0 Å². The van der Waals surface area contributed by atoms with Gasteiger partial charge in [-0.05, 0) is 6.07 Å². The minimum Gasteiger partial charge on any atom is -0.361 e. The Bertz CT molecular complexity index is 794. The van der Waals surface area contributed by atoms with Crippen LogP contribution in [-0.4, -0.2) is 26.3 Å². The number of hydrogen-bond acceptors (Lipinski definition) is 5. The van der Waals surface area contributed by atoms with E-state index in [2.05, 4.69) is 30.7 Å². The summed E-state index contributed by atoms with van der Waals surface area (Å²) in [6, 6.07) is 8.19. The molecule has 2 N–H and O–H groups in total. The van der Waals surface area contributed by atoms with Gasteiger partial charge in [-0.15, -0.1) is 10.2 Å². The van der Waals surface area contributed by atoms with Crippen LogP contribution < -0.4 is 10.6 Å². The largest absolute Gasteiger partial charge is 0.361 e. The van der Waals surface area contributed by atoms with Gasteiger partial charge in [0.25, 0.3) is 0 Å². The van der Waals surface area contributed by atoms with Gasteiger partial charge in [0.15, 0.2) is 5.82 Å². The van der Waals surface area contributed by atoms with Crippen molar-refractivity contribution in [1.82, 2.24) is 19.7 Å². The van der Waals surface area contributed by atoms with Crippen LogP contribution in [0.2, 0.25) is 0 Å². The van der Waals surface area contributed by atoms with Crippen molar-refractivity contribution >= 4 is 16.6 Å². The molecule has 3 aromatic rings. The molecule has 0 bridgehead atoms. The molecule has 106 valence electrons. The van der Waals surface area contributed by atoms with Gasteiger partial charge in [0.1, 0.15) is 6.33 Å². The van der Waals surface area contributed by atoms with Gasteiger partial charge in [-0.1, -0.05) is 18.2 Å². The lowest BCUT2D eigenvalue weighted by molar-refractivity contribution is 0.560. The van der Waals surface area contributed by atoms with Gasteiger partial charge in [-0.2, -0.15) is 0 Å². The molecule has 1 aliphatic rings. The highest BCUT2D eigenvalue weighted by molar-refractivity contribution is 5.93. The van der Waals surface area contributed by atoms with Gasteiger partial charge in [0.2, 0.25) is 0 Å². The molecule has 0 unspecified atom stereocenters. The molecule has 0 fully saturated rings. The topological polar surface area (TPSA) is 72.9 Å².